The Morgan fingerprint density at radius 2 is 1.34 bits per heavy atom. The summed E-state index contributed by atoms with van der Waals surface area (Å²) in [6.07, 6.45) is 0.950. The number of ether oxygens (including phenoxy) is 1. The molecule has 0 saturated carbocycles. The second kappa shape index (κ2) is 7.06. The molecule has 1 saturated heterocycles. The Bertz CT molecular complexity index is 1250. The summed E-state index contributed by atoms with van der Waals surface area (Å²) in [6, 6.07) is 22.3. The minimum absolute atomic E-state index is 0.0770. The fourth-order valence-corrected chi connectivity index (χ4v) is 6.11. The van der Waals surface area contributed by atoms with E-state index in [0.717, 1.165) is 12.2 Å². The van der Waals surface area contributed by atoms with E-state index < -0.39 is 0 Å². The number of carbonyl (C=O) groups excluding carboxylic acids is 2. The molecule has 7 rings (SSSR count). The summed E-state index contributed by atoms with van der Waals surface area (Å²) in [7, 11) is 0. The second-order valence-electron chi connectivity index (χ2n) is 8.89. The molecular weight excluding hydrogens is 398 g/mol. The highest BCUT2D eigenvalue weighted by Gasteiger charge is 2.61. The monoisotopic (exact) mass is 423 g/mol. The van der Waals surface area contributed by atoms with Crippen LogP contribution in [0.4, 0.5) is 5.69 Å². The number of rotatable bonds is 4. The third-order valence-corrected chi connectivity index (χ3v) is 7.42. The molecule has 3 aromatic rings. The molecule has 160 valence electrons. The maximum absolute atomic E-state index is 13.8. The van der Waals surface area contributed by atoms with Crippen molar-refractivity contribution in [2.24, 2.45) is 11.8 Å². The SMILES string of the molecule is CCOc1ccc(N2C(=O)C3C4c5ccccc5C(c5cc(CC)ccc54)C3C2=O)cc1. The van der Waals surface area contributed by atoms with Crippen LogP contribution in [0.5, 0.6) is 5.75 Å². The quantitative estimate of drug-likeness (QED) is 0.552. The van der Waals surface area contributed by atoms with Crippen molar-refractivity contribution in [1.29, 1.82) is 0 Å². The molecule has 3 aromatic carbocycles. The van der Waals surface area contributed by atoms with E-state index in [9.17, 15) is 9.59 Å². The summed E-state index contributed by atoms with van der Waals surface area (Å²) in [5, 5.41) is 0. The van der Waals surface area contributed by atoms with Crippen LogP contribution in [-0.4, -0.2) is 18.4 Å². The van der Waals surface area contributed by atoms with Crippen molar-refractivity contribution in [1.82, 2.24) is 0 Å². The lowest BCUT2D eigenvalue weighted by Gasteiger charge is -2.46. The van der Waals surface area contributed by atoms with Crippen LogP contribution < -0.4 is 9.64 Å². The molecule has 1 heterocycles. The Balaban J connectivity index is 1.49. The Labute approximate surface area is 187 Å². The van der Waals surface area contributed by atoms with Crippen LogP contribution >= 0.6 is 0 Å². The standard InChI is InChI=1S/C28H25NO3/c1-3-16-9-14-21-22(15-16)24-20-8-6-5-7-19(20)23(21)25-26(24)28(31)29(27(25)30)17-10-12-18(13-11-17)32-4-2/h5-15,23-26H,3-4H2,1-2H3. The maximum Gasteiger partial charge on any atom is 0.238 e. The summed E-state index contributed by atoms with van der Waals surface area (Å²) < 4.78 is 5.53. The first-order chi connectivity index (χ1) is 15.6. The molecule has 0 N–H and O–H groups in total. The molecule has 0 spiro atoms. The van der Waals surface area contributed by atoms with Crippen molar-refractivity contribution in [3.63, 3.8) is 0 Å². The zero-order chi connectivity index (χ0) is 22.0. The van der Waals surface area contributed by atoms with Gasteiger partial charge in [-0.1, -0.05) is 49.4 Å². The molecule has 4 unspecified atom stereocenters. The van der Waals surface area contributed by atoms with Gasteiger partial charge in [-0.25, -0.2) is 4.90 Å². The summed E-state index contributed by atoms with van der Waals surface area (Å²) >= 11 is 0. The van der Waals surface area contributed by atoms with Crippen molar-refractivity contribution in [3.05, 3.63) is 94.5 Å². The fourth-order valence-electron chi connectivity index (χ4n) is 6.11. The summed E-state index contributed by atoms with van der Waals surface area (Å²) in [6.45, 7) is 4.66. The van der Waals surface area contributed by atoms with Crippen LogP contribution in [0.2, 0.25) is 0 Å². The first kappa shape index (κ1) is 19.3. The number of carbonyl (C=O) groups is 2. The molecule has 0 radical (unpaired) electrons. The van der Waals surface area contributed by atoms with Crippen LogP contribution in [0, 0.1) is 11.8 Å². The average Bonchev–Trinajstić information content (AvgIpc) is 3.10. The molecule has 1 aliphatic heterocycles. The molecule has 2 amide bonds. The van der Waals surface area contributed by atoms with Gasteiger partial charge < -0.3 is 4.74 Å². The molecule has 4 heteroatoms. The largest absolute Gasteiger partial charge is 0.494 e. The third-order valence-electron chi connectivity index (χ3n) is 7.42. The van der Waals surface area contributed by atoms with Crippen molar-refractivity contribution < 1.29 is 14.3 Å². The van der Waals surface area contributed by atoms with E-state index in [1.54, 1.807) is 0 Å². The van der Waals surface area contributed by atoms with Crippen molar-refractivity contribution in [2.75, 3.05) is 11.5 Å². The van der Waals surface area contributed by atoms with E-state index in [1.165, 1.54) is 32.7 Å². The number of imide groups is 1. The van der Waals surface area contributed by atoms with Gasteiger partial charge in [-0.3, -0.25) is 9.59 Å². The van der Waals surface area contributed by atoms with E-state index in [1.807, 2.05) is 43.3 Å². The van der Waals surface area contributed by atoms with Crippen molar-refractivity contribution in [2.45, 2.75) is 32.1 Å². The van der Waals surface area contributed by atoms with E-state index in [0.29, 0.717) is 12.3 Å². The lowest BCUT2D eigenvalue weighted by atomic mass is 9.55. The first-order valence-corrected chi connectivity index (χ1v) is 11.5. The highest BCUT2D eigenvalue weighted by Crippen LogP contribution is 2.61. The van der Waals surface area contributed by atoms with Crippen LogP contribution in [0.15, 0.2) is 66.7 Å². The van der Waals surface area contributed by atoms with Gasteiger partial charge in [-0.15, -0.1) is 0 Å². The first-order valence-electron chi connectivity index (χ1n) is 11.5. The van der Waals surface area contributed by atoms with Crippen LogP contribution in [-0.2, 0) is 16.0 Å². The summed E-state index contributed by atoms with van der Waals surface area (Å²) in [4.78, 5) is 29.0. The molecule has 2 bridgehead atoms. The predicted octanol–water partition coefficient (Wildman–Crippen LogP) is 5.04. The Morgan fingerprint density at radius 1 is 0.750 bits per heavy atom. The Kier molecular flexibility index (Phi) is 4.26. The van der Waals surface area contributed by atoms with Gasteiger partial charge in [0, 0.05) is 11.8 Å². The van der Waals surface area contributed by atoms with Crippen LogP contribution in [0.3, 0.4) is 0 Å². The average molecular weight is 424 g/mol. The minimum Gasteiger partial charge on any atom is -0.494 e. The zero-order valence-corrected chi connectivity index (χ0v) is 18.2. The van der Waals surface area contributed by atoms with E-state index in [4.69, 9.17) is 4.74 Å². The Hall–Kier alpha value is -3.40. The van der Waals surface area contributed by atoms with Gasteiger partial charge in [0.05, 0.1) is 24.1 Å². The van der Waals surface area contributed by atoms with Gasteiger partial charge in [0.2, 0.25) is 11.8 Å². The summed E-state index contributed by atoms with van der Waals surface area (Å²) in [5.41, 5.74) is 6.73. The second-order valence-corrected chi connectivity index (χ2v) is 8.89. The number of hydrogen-bond acceptors (Lipinski definition) is 3. The third kappa shape index (κ3) is 2.49. The zero-order valence-electron chi connectivity index (χ0n) is 18.2. The topological polar surface area (TPSA) is 46.6 Å². The molecule has 4 aliphatic rings. The number of anilines is 1. The molecule has 3 aliphatic carbocycles. The fraction of sp³-hybridized carbons (Fsp3) is 0.286. The summed E-state index contributed by atoms with van der Waals surface area (Å²) in [5.74, 6) is -0.291. The number of benzene rings is 3. The van der Waals surface area contributed by atoms with E-state index in [-0.39, 0.29) is 35.5 Å². The van der Waals surface area contributed by atoms with Gasteiger partial charge in [0.25, 0.3) is 0 Å². The smallest absolute Gasteiger partial charge is 0.238 e. The molecular formula is C28H25NO3. The number of nitrogens with zero attached hydrogens (tertiary/aromatic N) is 1. The van der Waals surface area contributed by atoms with Gasteiger partial charge >= 0.3 is 0 Å². The van der Waals surface area contributed by atoms with Crippen molar-refractivity contribution in [3.8, 4) is 5.75 Å². The van der Waals surface area contributed by atoms with Gasteiger partial charge in [0.1, 0.15) is 5.75 Å². The predicted molar refractivity (Wildman–Crippen MR) is 123 cm³/mol. The Morgan fingerprint density at radius 3 is 1.94 bits per heavy atom. The molecule has 32 heavy (non-hydrogen) atoms. The van der Waals surface area contributed by atoms with Crippen LogP contribution in [0.25, 0.3) is 0 Å². The van der Waals surface area contributed by atoms with Crippen LogP contribution in [0.1, 0.15) is 53.5 Å². The highest BCUT2D eigenvalue weighted by atomic mass is 16.5. The molecule has 4 nitrogen and oxygen atoms in total. The lowest BCUT2D eigenvalue weighted by molar-refractivity contribution is -0.122. The lowest BCUT2D eigenvalue weighted by Crippen LogP contribution is -2.41. The van der Waals surface area contributed by atoms with Gasteiger partial charge in [0.15, 0.2) is 0 Å². The molecule has 0 aromatic heterocycles. The van der Waals surface area contributed by atoms with Crippen molar-refractivity contribution >= 4 is 17.5 Å². The number of aryl methyl sites for hydroxylation is 1. The van der Waals surface area contributed by atoms with Gasteiger partial charge in [-0.05, 0) is 65.4 Å². The number of hydrogen-bond donors (Lipinski definition) is 0. The molecule has 4 atom stereocenters. The maximum atomic E-state index is 13.8. The highest BCUT2D eigenvalue weighted by molar-refractivity contribution is 6.23. The number of amides is 2. The van der Waals surface area contributed by atoms with Gasteiger partial charge in [-0.2, -0.15) is 0 Å². The minimum atomic E-state index is -0.353. The van der Waals surface area contributed by atoms with E-state index >= 15 is 0 Å². The van der Waals surface area contributed by atoms with E-state index in [2.05, 4.69) is 37.3 Å². The normalized spacial score (nSPS) is 24.9. The molecule has 1 fully saturated rings.